The van der Waals surface area contributed by atoms with E-state index in [2.05, 4.69) is 74.3 Å². The highest BCUT2D eigenvalue weighted by Crippen LogP contribution is 2.76. The molecule has 0 bridgehead atoms. The summed E-state index contributed by atoms with van der Waals surface area (Å²) >= 11 is 0. The highest BCUT2D eigenvalue weighted by Gasteiger charge is 2.71. The number of hydrogen-bond donors (Lipinski definition) is 20. The first-order valence-electron chi connectivity index (χ1n) is 51.1. The first-order valence-corrected chi connectivity index (χ1v) is 51.1. The molecule has 12 fully saturated rings. The fraction of sp³-hybridized carbons (Fsp3) is 0.825. The molecule has 43 heteroatoms. The normalized spacial score (nSPS) is 45.5. The molecule has 8 heterocycles. The molecule has 13 rings (SSSR count). The van der Waals surface area contributed by atoms with Gasteiger partial charge in [0.25, 0.3) is 0 Å². The molecule has 830 valence electrons. The Bertz CT molecular complexity index is 4580. The van der Waals surface area contributed by atoms with Crippen LogP contribution in [0.2, 0.25) is 0 Å². The van der Waals surface area contributed by atoms with Crippen molar-refractivity contribution in [1.82, 2.24) is 0 Å². The number of rotatable bonds is 36. The van der Waals surface area contributed by atoms with Gasteiger partial charge in [-0.1, -0.05) is 96.6 Å². The van der Waals surface area contributed by atoms with E-state index in [1.54, 1.807) is 19.9 Å². The molecule has 5 aliphatic carbocycles. The molecule has 8 saturated heterocycles. The van der Waals surface area contributed by atoms with E-state index in [9.17, 15) is 117 Å². The summed E-state index contributed by atoms with van der Waals surface area (Å²) in [5, 5.41) is 223. The minimum absolute atomic E-state index is 0.00210. The third kappa shape index (κ3) is 24.8. The van der Waals surface area contributed by atoms with Crippen molar-refractivity contribution in [3.63, 3.8) is 0 Å². The Labute approximate surface area is 850 Å². The first kappa shape index (κ1) is 118. The minimum Gasteiger partial charge on any atom is -0.459 e. The molecule has 43 nitrogen and oxygen atoms in total. The second kappa shape index (κ2) is 47.1. The van der Waals surface area contributed by atoms with Crippen molar-refractivity contribution in [3.8, 4) is 0 Å². The summed E-state index contributed by atoms with van der Waals surface area (Å²) in [6.07, 6.45) is -44.4. The predicted molar refractivity (Wildman–Crippen MR) is 505 cm³/mol. The molecule has 146 heavy (non-hydrogen) atoms. The van der Waals surface area contributed by atoms with Crippen molar-refractivity contribution in [2.45, 2.75) is 438 Å². The van der Waals surface area contributed by atoms with E-state index in [1.807, 2.05) is 0 Å². The summed E-state index contributed by atoms with van der Waals surface area (Å²) in [7, 11) is 0. The van der Waals surface area contributed by atoms with Crippen LogP contribution in [0.15, 0.2) is 84.6 Å². The van der Waals surface area contributed by atoms with Crippen LogP contribution in [0.5, 0.6) is 0 Å². The van der Waals surface area contributed by atoms with Gasteiger partial charge in [0, 0.05) is 16.7 Å². The summed E-state index contributed by atoms with van der Waals surface area (Å²) in [5.74, 6) is -4.24. The van der Waals surface area contributed by atoms with Gasteiger partial charge in [0.1, 0.15) is 147 Å². The molecule has 0 aromatic heterocycles. The molecule has 0 aromatic carbocycles. The maximum Gasteiger partial charge on any atom is 0.333 e. The minimum atomic E-state index is -2.21. The van der Waals surface area contributed by atoms with Gasteiger partial charge >= 0.3 is 23.9 Å². The van der Waals surface area contributed by atoms with E-state index in [-0.39, 0.29) is 90.8 Å². The van der Waals surface area contributed by atoms with Crippen LogP contribution in [0.4, 0.5) is 0 Å². The van der Waals surface area contributed by atoms with Crippen LogP contribution >= 0.6 is 0 Å². The van der Waals surface area contributed by atoms with Gasteiger partial charge in [-0.25, -0.2) is 14.4 Å². The van der Waals surface area contributed by atoms with Gasteiger partial charge in [0.15, 0.2) is 62.3 Å². The Hall–Kier alpha value is -5.34. The smallest absolute Gasteiger partial charge is 0.333 e. The Morgan fingerprint density at radius 3 is 1.48 bits per heavy atom. The lowest BCUT2D eigenvalue weighted by molar-refractivity contribution is -0.379. The van der Waals surface area contributed by atoms with Gasteiger partial charge in [-0.05, 0) is 196 Å². The molecule has 46 atom stereocenters. The van der Waals surface area contributed by atoms with Crippen molar-refractivity contribution in [2.24, 2.45) is 50.2 Å². The van der Waals surface area contributed by atoms with Gasteiger partial charge < -0.3 is 192 Å². The molecule has 0 amide bonds. The third-order valence-corrected chi connectivity index (χ3v) is 34.2. The van der Waals surface area contributed by atoms with Crippen LogP contribution in [0.1, 0.15) is 200 Å². The molecule has 8 aliphatic heterocycles. The number of carbonyl (C=O) groups excluding carboxylic acids is 4. The van der Waals surface area contributed by atoms with Crippen LogP contribution in [-0.2, 0) is 109 Å². The number of allylic oxidation sites excluding steroid dienone is 5. The average molecular weight is 2090 g/mol. The molecular formula is C103H160O43. The Balaban J connectivity index is 0.766. The number of aliphatic hydroxyl groups is 20. The number of aliphatic hydroxyl groups excluding tert-OH is 18. The zero-order chi connectivity index (χ0) is 107. The molecule has 13 aliphatic rings. The van der Waals surface area contributed by atoms with Crippen LogP contribution in [-0.4, -0.2) is 410 Å². The van der Waals surface area contributed by atoms with Gasteiger partial charge in [0.2, 0.25) is 6.29 Å². The number of fused-ring (bicyclic) bond motifs is 7. The highest BCUT2D eigenvalue weighted by molar-refractivity contribution is 5.89. The number of hydrogen-bond acceptors (Lipinski definition) is 43. The van der Waals surface area contributed by atoms with Crippen molar-refractivity contribution in [2.75, 3.05) is 46.2 Å². The third-order valence-electron chi connectivity index (χ3n) is 34.2. The van der Waals surface area contributed by atoms with E-state index < -0.39 is 336 Å². The SMILES string of the molecule is C=C[C@@](C)(CC/C=C(\C)C(=O)OC[C@H]1O[C@@H](OC(=O)[C@]23CCC(C)(C)C[C@H]2C2=CC[C@@H]4[C@@]5(C)CC[C@H](O[C@@H]6O[C@H](CO[C@@H]7OC[C@H](O)[C@H](O)[C@H]7O[C@@H]7OC[C@@H](O)[C@H](O)[C@H]7O)[C@@H](O)[C@H](O)[C@H]6O)C(C)(C)[C@@H]5CC[C@@]4(C)[C@]2(C)CC3)[C@H](O[C@@H]2O[C@@H](C)[C@H](O[C@@H]3OC[C@@H](O)[C@H](O[C@@H]4OC[C@@H](O)[C@H](O)[C@H]4O)[C@H]3O)[C@@H](O)[C@H]2O)[C@@H](OC(=O)/C(C)=C/CC[C@](C)(O)C=C)[C@@H]1O)O[C@@H]1OC[C@@H](O)[C@H](O)[C@H]1OC(=O)/C(C)=C/CC[C@](C)(O)C=C. The topological polar surface area (TPSA) is 648 Å². The van der Waals surface area contributed by atoms with Gasteiger partial charge in [0.05, 0.1) is 74.1 Å². The van der Waals surface area contributed by atoms with Gasteiger partial charge in [-0.3, -0.25) is 4.79 Å². The van der Waals surface area contributed by atoms with Crippen molar-refractivity contribution in [3.05, 3.63) is 84.6 Å². The van der Waals surface area contributed by atoms with E-state index in [1.165, 1.54) is 65.0 Å². The molecule has 20 N–H and O–H groups in total. The van der Waals surface area contributed by atoms with Crippen LogP contribution in [0.3, 0.4) is 0 Å². The lowest BCUT2D eigenvalue weighted by Crippen LogP contribution is -2.67. The van der Waals surface area contributed by atoms with Crippen LogP contribution in [0, 0.1) is 50.2 Å². The molecule has 4 saturated carbocycles. The monoisotopic (exact) mass is 2090 g/mol. The van der Waals surface area contributed by atoms with Crippen LogP contribution < -0.4 is 0 Å². The Morgan fingerprint density at radius 1 is 0.425 bits per heavy atom. The number of carbonyl (C=O) groups is 4. The van der Waals surface area contributed by atoms with E-state index in [0.717, 1.165) is 5.57 Å². The van der Waals surface area contributed by atoms with Gasteiger partial charge in [-0.2, -0.15) is 0 Å². The summed E-state index contributed by atoms with van der Waals surface area (Å²) in [5.41, 5.74) is -6.62. The lowest BCUT2D eigenvalue weighted by atomic mass is 9.33. The van der Waals surface area contributed by atoms with Crippen molar-refractivity contribution < 1.29 is 211 Å². The summed E-state index contributed by atoms with van der Waals surface area (Å²) in [4.78, 5) is 59.7. The van der Waals surface area contributed by atoms with Gasteiger partial charge in [-0.15, -0.1) is 19.7 Å². The zero-order valence-electron chi connectivity index (χ0n) is 85.8. The van der Waals surface area contributed by atoms with Crippen LogP contribution in [0.25, 0.3) is 0 Å². The standard InChI is InChI=1S/C103H160O43/c1-18-97(12,126)31-21-24-49(5)84(123)139-79-69(114)60(46-128-83(122)48(4)26-23-33-99(14,20-3)146-92-81(67(112)57(107)44-133-92)140-85(124)50(6)25-22-32-98(13,127)19-2)137-93(82(79)144-89-75(120)71(116)77(51(7)135-89)141-88-76(121)78(58(108)45-131-88)142-86-72(117)64(109)54(104)41-129-86)145-94(125)103-38-36-95(8,9)40-53(103)52-27-28-62-100(15)34-30-63(96(10,11)61(100)29-35-102(62,17)101(52,16)37-39-103)138-90-74(119)70(115)68(113)59(136-90)47-134-91-80(66(111)56(106)43-132-91)143-87-73(118)65(110)55(105)42-130-87/h18-20,24-27,51,53-82,86-93,104-121,126-127H,1-3,21-23,28-47H2,4-17H3/b48-26+,49-24+,50-25+/t51-,53-,54+,55+,56-,57+,58+,59+,60+,61-,62+,63-,64-,65-,66-,67-,68+,69+,70-,71-,72+,73+,74+,75+,76+,77-,78-,79-,80+,81+,82+,86-,87-,88-,89-,90-,91-,92-,93-,97+,98+,99-,100-,101+,102+,103-/m0/s1. The van der Waals surface area contributed by atoms with Crippen molar-refractivity contribution >= 4 is 23.9 Å². The molecule has 0 aromatic rings. The number of ether oxygens (including phenoxy) is 19. The lowest BCUT2D eigenvalue weighted by Gasteiger charge is -2.71. The predicted octanol–water partition coefficient (Wildman–Crippen LogP) is 0.128. The Morgan fingerprint density at radius 2 is 0.897 bits per heavy atom. The fourth-order valence-electron chi connectivity index (χ4n) is 24.2. The number of esters is 4. The maximum absolute atomic E-state index is 16.8. The quantitative estimate of drug-likeness (QED) is 0.0130. The molecule has 0 unspecified atom stereocenters. The molecule has 0 radical (unpaired) electrons. The van der Waals surface area contributed by atoms with Crippen molar-refractivity contribution in [1.29, 1.82) is 0 Å². The zero-order valence-corrected chi connectivity index (χ0v) is 85.8. The molecular weight excluding hydrogens is 1930 g/mol. The van der Waals surface area contributed by atoms with E-state index >= 15 is 4.79 Å². The first-order chi connectivity index (χ1) is 68.3. The fourth-order valence-corrected chi connectivity index (χ4v) is 24.2. The summed E-state index contributed by atoms with van der Waals surface area (Å²) in [6.45, 7) is 33.4. The summed E-state index contributed by atoms with van der Waals surface area (Å²) < 4.78 is 116. The van der Waals surface area contributed by atoms with E-state index in [4.69, 9.17) is 90.0 Å². The summed E-state index contributed by atoms with van der Waals surface area (Å²) in [6, 6.07) is 0. The maximum atomic E-state index is 16.8. The Kier molecular flexibility index (Phi) is 38.0. The van der Waals surface area contributed by atoms with E-state index in [0.29, 0.717) is 51.4 Å². The second-order valence-electron chi connectivity index (χ2n) is 45.4. The average Bonchev–Trinajstić information content (AvgIpc) is 0.672. The second-order valence-corrected chi connectivity index (χ2v) is 45.4. The highest BCUT2D eigenvalue weighted by atomic mass is 16.8. The largest absolute Gasteiger partial charge is 0.459 e. The molecule has 0 spiro atoms.